The molecule has 1 heterocycles. The van der Waals surface area contributed by atoms with E-state index in [4.69, 9.17) is 5.73 Å². The molecule has 1 nitrogen and oxygen atoms in total. The molecule has 0 fully saturated rings. The van der Waals surface area contributed by atoms with Crippen molar-refractivity contribution in [2.75, 3.05) is 0 Å². The molecule has 2 N–H and O–H groups in total. The van der Waals surface area contributed by atoms with Crippen molar-refractivity contribution in [1.82, 2.24) is 0 Å². The van der Waals surface area contributed by atoms with E-state index in [2.05, 4.69) is 48.1 Å². The van der Waals surface area contributed by atoms with Gasteiger partial charge in [0.25, 0.3) is 0 Å². The van der Waals surface area contributed by atoms with Crippen LogP contribution < -0.4 is 5.73 Å². The Morgan fingerprint density at radius 3 is 2.64 bits per heavy atom. The Kier molecular flexibility index (Phi) is 4.16. The van der Waals surface area contributed by atoms with Crippen LogP contribution in [-0.4, -0.2) is 6.04 Å². The second-order valence-corrected chi connectivity index (χ2v) is 6.20. The summed E-state index contributed by atoms with van der Waals surface area (Å²) in [6, 6.07) is 2.33. The van der Waals surface area contributed by atoms with Crippen LogP contribution in [0.25, 0.3) is 0 Å². The third kappa shape index (κ3) is 2.81. The first-order valence-electron chi connectivity index (χ1n) is 4.95. The van der Waals surface area contributed by atoms with Gasteiger partial charge in [0.2, 0.25) is 0 Å². The summed E-state index contributed by atoms with van der Waals surface area (Å²) >= 11 is 5.32. The Balaban J connectivity index is 2.66. The molecule has 80 valence electrons. The van der Waals surface area contributed by atoms with Gasteiger partial charge in [-0.1, -0.05) is 20.8 Å². The largest absolute Gasteiger partial charge is 0.327 e. The van der Waals surface area contributed by atoms with E-state index in [0.717, 1.165) is 12.8 Å². The normalized spacial score (nSPS) is 14.4. The molecule has 0 radical (unpaired) electrons. The fourth-order valence-corrected chi connectivity index (χ4v) is 2.78. The first-order chi connectivity index (χ1) is 6.47. The summed E-state index contributed by atoms with van der Waals surface area (Å²) in [6.07, 6.45) is 2.09. The van der Waals surface area contributed by atoms with Crippen molar-refractivity contribution in [1.29, 1.82) is 0 Å². The van der Waals surface area contributed by atoms with E-state index in [0.29, 0.717) is 0 Å². The van der Waals surface area contributed by atoms with E-state index in [-0.39, 0.29) is 11.5 Å². The Morgan fingerprint density at radius 2 is 2.21 bits per heavy atom. The van der Waals surface area contributed by atoms with Crippen molar-refractivity contribution < 1.29 is 0 Å². The van der Waals surface area contributed by atoms with Crippen LogP contribution in [0, 0.1) is 5.41 Å². The van der Waals surface area contributed by atoms with Gasteiger partial charge in [-0.25, -0.2) is 0 Å². The fourth-order valence-electron chi connectivity index (χ4n) is 1.21. The predicted molar refractivity (Wildman–Crippen MR) is 67.8 cm³/mol. The maximum atomic E-state index is 6.21. The van der Waals surface area contributed by atoms with Crippen LogP contribution in [-0.2, 0) is 6.42 Å². The average molecular weight is 276 g/mol. The highest BCUT2D eigenvalue weighted by atomic mass is 79.9. The highest BCUT2D eigenvalue weighted by Crippen LogP contribution is 2.30. The van der Waals surface area contributed by atoms with Crippen LogP contribution in [0.4, 0.5) is 0 Å². The molecule has 0 amide bonds. The van der Waals surface area contributed by atoms with Crippen LogP contribution in [0.1, 0.15) is 32.1 Å². The molecule has 1 atom stereocenters. The standard InChI is InChI=1S/C11H18BrNS/c1-4-11(2,3)10(13)7-9-8(12)5-6-14-9/h5-6,10H,4,7,13H2,1-3H3. The molecule has 1 aromatic heterocycles. The molecular weight excluding hydrogens is 258 g/mol. The number of hydrogen-bond donors (Lipinski definition) is 1. The molecule has 3 heteroatoms. The minimum Gasteiger partial charge on any atom is -0.327 e. The van der Waals surface area contributed by atoms with Crippen molar-refractivity contribution in [3.8, 4) is 0 Å². The smallest absolute Gasteiger partial charge is 0.0314 e. The molecular formula is C11H18BrNS. The second-order valence-electron chi connectivity index (χ2n) is 4.34. The first kappa shape index (κ1) is 12.2. The van der Waals surface area contributed by atoms with Crippen molar-refractivity contribution in [2.24, 2.45) is 11.1 Å². The second kappa shape index (κ2) is 4.77. The Bertz CT molecular complexity index is 293. The molecule has 0 aliphatic rings. The number of halogens is 1. The van der Waals surface area contributed by atoms with Crippen molar-refractivity contribution in [3.63, 3.8) is 0 Å². The molecule has 0 aromatic carbocycles. The zero-order valence-corrected chi connectivity index (χ0v) is 11.4. The zero-order chi connectivity index (χ0) is 10.8. The summed E-state index contributed by atoms with van der Waals surface area (Å²) in [4.78, 5) is 1.36. The Morgan fingerprint density at radius 1 is 1.57 bits per heavy atom. The van der Waals surface area contributed by atoms with Crippen LogP contribution in [0.3, 0.4) is 0 Å². The summed E-state index contributed by atoms with van der Waals surface area (Å²) in [5, 5.41) is 2.10. The number of rotatable bonds is 4. The van der Waals surface area contributed by atoms with Crippen LogP contribution in [0.5, 0.6) is 0 Å². The lowest BCUT2D eigenvalue weighted by Crippen LogP contribution is -2.38. The SMILES string of the molecule is CCC(C)(C)C(N)Cc1sccc1Br. The quantitative estimate of drug-likeness (QED) is 0.889. The third-order valence-corrected chi connectivity index (χ3v) is 4.96. The Labute approximate surface area is 98.8 Å². The molecule has 0 spiro atoms. The van der Waals surface area contributed by atoms with Crippen molar-refractivity contribution in [2.45, 2.75) is 39.7 Å². The molecule has 0 bridgehead atoms. The minimum atomic E-state index is 0.226. The third-order valence-electron chi connectivity index (χ3n) is 3.01. The summed E-state index contributed by atoms with van der Waals surface area (Å²) in [6.45, 7) is 6.67. The van der Waals surface area contributed by atoms with Crippen LogP contribution in [0.2, 0.25) is 0 Å². The molecule has 0 aliphatic carbocycles. The number of nitrogens with two attached hydrogens (primary N) is 1. The summed E-state index contributed by atoms with van der Waals surface area (Å²) in [7, 11) is 0. The van der Waals surface area contributed by atoms with Gasteiger partial charge in [0, 0.05) is 15.4 Å². The van der Waals surface area contributed by atoms with Crippen LogP contribution in [0.15, 0.2) is 15.9 Å². The van der Waals surface area contributed by atoms with Crippen molar-refractivity contribution >= 4 is 27.3 Å². The summed E-state index contributed by atoms with van der Waals surface area (Å²) in [5.41, 5.74) is 6.43. The molecule has 1 aromatic rings. The van der Waals surface area contributed by atoms with E-state index in [1.165, 1.54) is 9.35 Å². The lowest BCUT2D eigenvalue weighted by Gasteiger charge is -2.30. The van der Waals surface area contributed by atoms with E-state index in [1.54, 1.807) is 11.3 Å². The van der Waals surface area contributed by atoms with E-state index >= 15 is 0 Å². The van der Waals surface area contributed by atoms with Gasteiger partial charge < -0.3 is 5.73 Å². The van der Waals surface area contributed by atoms with Gasteiger partial charge in [0.1, 0.15) is 0 Å². The zero-order valence-electron chi connectivity index (χ0n) is 9.01. The van der Waals surface area contributed by atoms with Gasteiger partial charge >= 0.3 is 0 Å². The summed E-state index contributed by atoms with van der Waals surface area (Å²) < 4.78 is 1.20. The van der Waals surface area contributed by atoms with Gasteiger partial charge in [-0.15, -0.1) is 11.3 Å². The highest BCUT2D eigenvalue weighted by Gasteiger charge is 2.25. The summed E-state index contributed by atoms with van der Waals surface area (Å²) in [5.74, 6) is 0. The molecule has 14 heavy (non-hydrogen) atoms. The van der Waals surface area contributed by atoms with Gasteiger partial charge in [0.05, 0.1) is 0 Å². The highest BCUT2D eigenvalue weighted by molar-refractivity contribution is 9.10. The van der Waals surface area contributed by atoms with E-state index in [9.17, 15) is 0 Å². The Hall–Kier alpha value is 0.140. The molecule has 0 saturated carbocycles. The minimum absolute atomic E-state index is 0.226. The average Bonchev–Trinajstić information content (AvgIpc) is 2.52. The van der Waals surface area contributed by atoms with Gasteiger partial charge in [0.15, 0.2) is 0 Å². The van der Waals surface area contributed by atoms with Gasteiger partial charge in [-0.3, -0.25) is 0 Å². The lowest BCUT2D eigenvalue weighted by atomic mass is 9.80. The number of thiophene rings is 1. The van der Waals surface area contributed by atoms with Gasteiger partial charge in [-0.05, 0) is 45.6 Å². The van der Waals surface area contributed by atoms with E-state index < -0.39 is 0 Å². The molecule has 1 unspecified atom stereocenters. The monoisotopic (exact) mass is 275 g/mol. The molecule has 0 saturated heterocycles. The van der Waals surface area contributed by atoms with Gasteiger partial charge in [-0.2, -0.15) is 0 Å². The van der Waals surface area contributed by atoms with Crippen molar-refractivity contribution in [3.05, 3.63) is 20.8 Å². The lowest BCUT2D eigenvalue weighted by molar-refractivity contribution is 0.273. The maximum Gasteiger partial charge on any atom is 0.0314 e. The van der Waals surface area contributed by atoms with E-state index in [1.807, 2.05) is 0 Å². The molecule has 1 rings (SSSR count). The first-order valence-corrected chi connectivity index (χ1v) is 6.62. The topological polar surface area (TPSA) is 26.0 Å². The number of hydrogen-bond acceptors (Lipinski definition) is 2. The maximum absolute atomic E-state index is 6.21. The van der Waals surface area contributed by atoms with Crippen LogP contribution >= 0.6 is 27.3 Å². The fraction of sp³-hybridized carbons (Fsp3) is 0.636. The predicted octanol–water partition coefficient (Wildman–Crippen LogP) is 3.82. The molecule has 0 aliphatic heterocycles.